The van der Waals surface area contributed by atoms with E-state index in [0.29, 0.717) is 11.3 Å². The van der Waals surface area contributed by atoms with Crippen LogP contribution in [-0.2, 0) is 11.2 Å². The van der Waals surface area contributed by atoms with Gasteiger partial charge in [-0.2, -0.15) is 0 Å². The zero-order valence-electron chi connectivity index (χ0n) is 7.75. The molecule has 15 heavy (non-hydrogen) atoms. The van der Waals surface area contributed by atoms with Crippen LogP contribution in [0.1, 0.15) is 5.56 Å². The highest BCUT2D eigenvalue weighted by atomic mass is 16.5. The zero-order valence-corrected chi connectivity index (χ0v) is 7.75. The molecule has 0 saturated carbocycles. The van der Waals surface area contributed by atoms with Crippen molar-refractivity contribution in [2.24, 2.45) is 0 Å². The summed E-state index contributed by atoms with van der Waals surface area (Å²) in [7, 11) is 0. The van der Waals surface area contributed by atoms with Crippen molar-refractivity contribution < 1.29 is 14.4 Å². The van der Waals surface area contributed by atoms with Crippen molar-refractivity contribution in [1.29, 1.82) is 0 Å². The molecule has 0 bridgehead atoms. The van der Waals surface area contributed by atoms with Gasteiger partial charge >= 0.3 is 5.97 Å². The Hall–Kier alpha value is -2.17. The first-order valence-electron chi connectivity index (χ1n) is 4.33. The minimum Gasteiger partial charge on any atom is -0.481 e. The van der Waals surface area contributed by atoms with Crippen molar-refractivity contribution in [2.75, 3.05) is 0 Å². The van der Waals surface area contributed by atoms with Gasteiger partial charge in [0.1, 0.15) is 0 Å². The van der Waals surface area contributed by atoms with Crippen LogP contribution in [0.5, 0.6) is 0 Å². The maximum absolute atomic E-state index is 10.6. The van der Waals surface area contributed by atoms with Crippen LogP contribution in [-0.4, -0.2) is 21.2 Å². The Morgan fingerprint density at radius 2 is 2.33 bits per heavy atom. The van der Waals surface area contributed by atoms with Crippen molar-refractivity contribution >= 4 is 5.97 Å². The smallest absolute Gasteiger partial charge is 0.308 e. The van der Waals surface area contributed by atoms with Gasteiger partial charge in [0, 0.05) is 23.5 Å². The van der Waals surface area contributed by atoms with E-state index >= 15 is 0 Å². The number of carboxylic acid groups (broad SMARTS) is 1. The van der Waals surface area contributed by atoms with Gasteiger partial charge in [-0.15, -0.1) is 0 Å². The second kappa shape index (κ2) is 3.91. The van der Waals surface area contributed by atoms with Crippen molar-refractivity contribution in [3.05, 3.63) is 36.3 Å². The van der Waals surface area contributed by atoms with Crippen molar-refractivity contribution in [3.63, 3.8) is 0 Å². The Morgan fingerprint density at radius 1 is 1.47 bits per heavy atom. The molecule has 0 unspecified atom stereocenters. The van der Waals surface area contributed by atoms with Gasteiger partial charge in [0.2, 0.25) is 0 Å². The molecule has 2 rings (SSSR count). The normalized spacial score (nSPS) is 10.1. The first-order valence-corrected chi connectivity index (χ1v) is 4.33. The van der Waals surface area contributed by atoms with E-state index in [9.17, 15) is 4.79 Å². The second-order valence-electron chi connectivity index (χ2n) is 2.99. The molecule has 0 fully saturated rings. The standard InChI is InChI=1S/C10H8N2O3/c13-9(14)4-8-6-12-15-10(8)7-2-1-3-11-5-7/h1-3,5-6H,4H2,(H,13,14). The molecule has 0 aliphatic heterocycles. The number of aliphatic carboxylic acids is 1. The third-order valence-electron chi connectivity index (χ3n) is 1.91. The molecule has 0 aliphatic carbocycles. The number of nitrogens with zero attached hydrogens (tertiary/aromatic N) is 2. The molecule has 2 aromatic rings. The molecule has 0 aromatic carbocycles. The molecule has 76 valence electrons. The minimum atomic E-state index is -0.914. The Morgan fingerprint density at radius 3 is 3.00 bits per heavy atom. The van der Waals surface area contributed by atoms with E-state index < -0.39 is 5.97 Å². The molecule has 0 amide bonds. The molecule has 0 atom stereocenters. The number of carbonyl (C=O) groups is 1. The Bertz CT molecular complexity index is 465. The maximum atomic E-state index is 10.6. The average molecular weight is 204 g/mol. The van der Waals surface area contributed by atoms with Crippen LogP contribution in [0.25, 0.3) is 11.3 Å². The second-order valence-corrected chi connectivity index (χ2v) is 2.99. The summed E-state index contributed by atoms with van der Waals surface area (Å²) in [5.74, 6) is -0.450. The zero-order chi connectivity index (χ0) is 10.7. The van der Waals surface area contributed by atoms with Gasteiger partial charge < -0.3 is 9.63 Å². The van der Waals surface area contributed by atoms with E-state index in [-0.39, 0.29) is 6.42 Å². The molecular formula is C10H8N2O3. The molecule has 5 nitrogen and oxygen atoms in total. The molecule has 1 N–H and O–H groups in total. The summed E-state index contributed by atoms with van der Waals surface area (Å²) < 4.78 is 5.00. The quantitative estimate of drug-likeness (QED) is 0.816. The molecule has 5 heteroatoms. The highest BCUT2D eigenvalue weighted by molar-refractivity contribution is 5.73. The summed E-state index contributed by atoms with van der Waals surface area (Å²) in [5, 5.41) is 12.3. The predicted molar refractivity (Wildman–Crippen MR) is 51.1 cm³/mol. The molecule has 0 aliphatic rings. The number of pyridine rings is 1. The monoisotopic (exact) mass is 204 g/mol. The largest absolute Gasteiger partial charge is 0.481 e. The minimum absolute atomic E-state index is 0.103. The summed E-state index contributed by atoms with van der Waals surface area (Å²) in [6, 6.07) is 3.54. The topological polar surface area (TPSA) is 76.2 Å². The SMILES string of the molecule is O=C(O)Cc1cnoc1-c1cccnc1. The van der Waals surface area contributed by atoms with E-state index in [1.165, 1.54) is 6.20 Å². The average Bonchev–Trinajstić information content (AvgIpc) is 2.66. The summed E-state index contributed by atoms with van der Waals surface area (Å²) >= 11 is 0. The Balaban J connectivity index is 2.37. The first kappa shape index (κ1) is 9.39. The predicted octanol–water partition coefficient (Wildman–Crippen LogP) is 1.36. The summed E-state index contributed by atoms with van der Waals surface area (Å²) in [4.78, 5) is 14.5. The lowest BCUT2D eigenvalue weighted by Gasteiger charge is -1.97. The van der Waals surface area contributed by atoms with Crippen molar-refractivity contribution in [1.82, 2.24) is 10.1 Å². The van der Waals surface area contributed by atoms with Crippen LogP contribution in [0.3, 0.4) is 0 Å². The molecule has 2 heterocycles. The summed E-state index contributed by atoms with van der Waals surface area (Å²) in [6.45, 7) is 0. The fourth-order valence-electron chi connectivity index (χ4n) is 1.28. The third kappa shape index (κ3) is 2.01. The van der Waals surface area contributed by atoms with Crippen LogP contribution < -0.4 is 0 Å². The lowest BCUT2D eigenvalue weighted by atomic mass is 10.1. The van der Waals surface area contributed by atoms with Crippen molar-refractivity contribution in [3.8, 4) is 11.3 Å². The van der Waals surface area contributed by atoms with Crippen LogP contribution in [0.4, 0.5) is 0 Å². The van der Waals surface area contributed by atoms with E-state index in [1.807, 2.05) is 0 Å². The van der Waals surface area contributed by atoms with Crippen molar-refractivity contribution in [2.45, 2.75) is 6.42 Å². The lowest BCUT2D eigenvalue weighted by Crippen LogP contribution is -1.99. The van der Waals surface area contributed by atoms with E-state index in [2.05, 4.69) is 10.1 Å². The molecule has 0 saturated heterocycles. The summed E-state index contributed by atoms with van der Waals surface area (Å²) in [6.07, 6.45) is 4.55. The van der Waals surface area contributed by atoms with Crippen LogP contribution in [0.15, 0.2) is 35.2 Å². The molecular weight excluding hydrogens is 196 g/mol. The third-order valence-corrected chi connectivity index (χ3v) is 1.91. The maximum Gasteiger partial charge on any atom is 0.308 e. The van der Waals surface area contributed by atoms with E-state index in [1.54, 1.807) is 24.5 Å². The molecule has 0 spiro atoms. The lowest BCUT2D eigenvalue weighted by molar-refractivity contribution is -0.136. The summed E-state index contributed by atoms with van der Waals surface area (Å²) in [5.41, 5.74) is 1.28. The number of carboxylic acids is 1. The van der Waals surface area contributed by atoms with E-state index in [0.717, 1.165) is 5.56 Å². The van der Waals surface area contributed by atoms with Gasteiger partial charge in [-0.05, 0) is 12.1 Å². The highest BCUT2D eigenvalue weighted by Crippen LogP contribution is 2.22. The number of aromatic nitrogens is 2. The van der Waals surface area contributed by atoms with E-state index in [4.69, 9.17) is 9.63 Å². The molecule has 2 aromatic heterocycles. The van der Waals surface area contributed by atoms with Gasteiger partial charge in [0.25, 0.3) is 0 Å². The van der Waals surface area contributed by atoms with Gasteiger partial charge in [-0.1, -0.05) is 5.16 Å². The number of hydrogen-bond donors (Lipinski definition) is 1. The molecule has 0 radical (unpaired) electrons. The van der Waals surface area contributed by atoms with Gasteiger partial charge in [-0.25, -0.2) is 0 Å². The highest BCUT2D eigenvalue weighted by Gasteiger charge is 2.13. The number of hydrogen-bond acceptors (Lipinski definition) is 4. The van der Waals surface area contributed by atoms with Crippen LogP contribution >= 0.6 is 0 Å². The van der Waals surface area contributed by atoms with Gasteiger partial charge in [-0.3, -0.25) is 9.78 Å². The Kier molecular flexibility index (Phi) is 2.45. The van der Waals surface area contributed by atoms with Crippen LogP contribution in [0.2, 0.25) is 0 Å². The Labute approximate surface area is 85.4 Å². The van der Waals surface area contributed by atoms with Crippen LogP contribution in [0, 0.1) is 0 Å². The first-order chi connectivity index (χ1) is 7.27. The fraction of sp³-hybridized carbons (Fsp3) is 0.100. The van der Waals surface area contributed by atoms with Gasteiger partial charge in [0.15, 0.2) is 5.76 Å². The fourth-order valence-corrected chi connectivity index (χ4v) is 1.28. The number of rotatable bonds is 3. The van der Waals surface area contributed by atoms with Gasteiger partial charge in [0.05, 0.1) is 12.6 Å².